The smallest absolute Gasteiger partial charge is 0.243 e. The molecule has 2 rings (SSSR count). The van der Waals surface area contributed by atoms with Crippen molar-refractivity contribution in [3.8, 4) is 0 Å². The number of nitrogens with zero attached hydrogens (tertiary/aromatic N) is 2. The van der Waals surface area contributed by atoms with Gasteiger partial charge < -0.3 is 10.2 Å². The Bertz CT molecular complexity index is 705. The summed E-state index contributed by atoms with van der Waals surface area (Å²) in [6.45, 7) is 5.33. The molecule has 1 aliphatic rings. The van der Waals surface area contributed by atoms with Gasteiger partial charge >= 0.3 is 0 Å². The largest absolute Gasteiger partial charge is 0.354 e. The van der Waals surface area contributed by atoms with Crippen LogP contribution in [0.15, 0.2) is 24.3 Å². The molecule has 26 heavy (non-hydrogen) atoms. The Morgan fingerprint density at radius 2 is 2.00 bits per heavy atom. The molecule has 0 radical (unpaired) electrons. The fourth-order valence-electron chi connectivity index (χ4n) is 3.27. The number of carbonyl (C=O) groups is 1. The quantitative estimate of drug-likeness (QED) is 0.679. The van der Waals surface area contributed by atoms with Gasteiger partial charge in [-0.3, -0.25) is 9.10 Å². The second-order valence-electron chi connectivity index (χ2n) is 6.76. The van der Waals surface area contributed by atoms with E-state index in [0.717, 1.165) is 36.6 Å². The summed E-state index contributed by atoms with van der Waals surface area (Å²) in [5, 5.41) is 3.28. The van der Waals surface area contributed by atoms with E-state index >= 15 is 0 Å². The molecule has 1 fully saturated rings. The van der Waals surface area contributed by atoms with E-state index in [1.165, 1.54) is 19.3 Å². The number of piperidine rings is 1. The second kappa shape index (κ2) is 9.58. The predicted molar refractivity (Wildman–Crippen MR) is 106 cm³/mol. The van der Waals surface area contributed by atoms with Gasteiger partial charge in [0.2, 0.25) is 15.9 Å². The molecule has 0 bridgehead atoms. The van der Waals surface area contributed by atoms with Crippen LogP contribution in [0.3, 0.4) is 0 Å². The molecule has 1 heterocycles. The van der Waals surface area contributed by atoms with Crippen molar-refractivity contribution in [2.75, 3.05) is 36.7 Å². The highest BCUT2D eigenvalue weighted by molar-refractivity contribution is 7.92. The average molecular weight is 402 g/mol. The molecular weight excluding hydrogens is 374 g/mol. The summed E-state index contributed by atoms with van der Waals surface area (Å²) >= 11 is 5.97. The summed E-state index contributed by atoms with van der Waals surface area (Å²) in [7, 11) is -3.62. The number of hydrogen-bond acceptors (Lipinski definition) is 4. The van der Waals surface area contributed by atoms with Crippen LogP contribution in [0.1, 0.15) is 32.6 Å². The third-order valence-corrected chi connectivity index (χ3v) is 6.03. The van der Waals surface area contributed by atoms with Gasteiger partial charge in [-0.05, 0) is 64.0 Å². The van der Waals surface area contributed by atoms with Gasteiger partial charge in [-0.25, -0.2) is 8.42 Å². The first-order valence-corrected chi connectivity index (χ1v) is 11.3. The number of halogens is 1. The SMILES string of the molecule is C[C@H](C(=O)NCCCN1CCCCC1)N(c1cccc(Cl)c1)S(C)(=O)=O. The molecule has 6 nitrogen and oxygen atoms in total. The molecule has 0 unspecified atom stereocenters. The molecule has 1 saturated heterocycles. The van der Waals surface area contributed by atoms with E-state index in [4.69, 9.17) is 11.6 Å². The number of likely N-dealkylation sites (tertiary alicyclic amines) is 1. The lowest BCUT2D eigenvalue weighted by Crippen LogP contribution is -2.48. The maximum Gasteiger partial charge on any atom is 0.243 e. The van der Waals surface area contributed by atoms with E-state index in [9.17, 15) is 13.2 Å². The van der Waals surface area contributed by atoms with Gasteiger partial charge in [0.05, 0.1) is 11.9 Å². The standard InChI is InChI=1S/C18H28ClN3O3S/c1-15(18(23)20-10-7-13-21-11-4-3-5-12-21)22(26(2,24)25)17-9-6-8-16(19)14-17/h6,8-9,14-15H,3-5,7,10-13H2,1-2H3,(H,20,23)/t15-/m1/s1. The van der Waals surface area contributed by atoms with Crippen LogP contribution in [-0.4, -0.2) is 57.7 Å². The summed E-state index contributed by atoms with van der Waals surface area (Å²) in [6, 6.07) is 5.66. The first-order chi connectivity index (χ1) is 12.3. The number of anilines is 1. The van der Waals surface area contributed by atoms with E-state index in [-0.39, 0.29) is 5.91 Å². The molecule has 146 valence electrons. The zero-order chi connectivity index (χ0) is 19.2. The monoisotopic (exact) mass is 401 g/mol. The number of hydrogen-bond donors (Lipinski definition) is 1. The lowest BCUT2D eigenvalue weighted by Gasteiger charge is -2.29. The fraction of sp³-hybridized carbons (Fsp3) is 0.611. The van der Waals surface area contributed by atoms with Gasteiger partial charge in [-0.2, -0.15) is 0 Å². The molecule has 0 aliphatic carbocycles. The molecule has 1 aromatic carbocycles. The van der Waals surface area contributed by atoms with Gasteiger partial charge in [0.1, 0.15) is 6.04 Å². The van der Waals surface area contributed by atoms with Gasteiger partial charge in [0, 0.05) is 11.6 Å². The Balaban J connectivity index is 1.92. The Morgan fingerprint density at radius 3 is 2.62 bits per heavy atom. The van der Waals surface area contributed by atoms with Gasteiger partial charge in [0.15, 0.2) is 0 Å². The summed E-state index contributed by atoms with van der Waals surface area (Å²) in [6.07, 6.45) is 5.73. The summed E-state index contributed by atoms with van der Waals surface area (Å²) in [4.78, 5) is 14.9. The third kappa shape index (κ3) is 6.14. The van der Waals surface area contributed by atoms with E-state index < -0.39 is 16.1 Å². The van der Waals surface area contributed by atoms with Crippen molar-refractivity contribution in [2.45, 2.75) is 38.6 Å². The first-order valence-electron chi connectivity index (χ1n) is 9.04. The van der Waals surface area contributed by atoms with Crippen molar-refractivity contribution in [1.29, 1.82) is 0 Å². The summed E-state index contributed by atoms with van der Waals surface area (Å²) in [5.74, 6) is -0.311. The van der Waals surface area contributed by atoms with E-state index in [0.29, 0.717) is 17.3 Å². The Kier molecular flexibility index (Phi) is 7.73. The van der Waals surface area contributed by atoms with E-state index in [1.54, 1.807) is 31.2 Å². The third-order valence-electron chi connectivity index (χ3n) is 4.55. The number of sulfonamides is 1. The lowest BCUT2D eigenvalue weighted by atomic mass is 10.1. The highest BCUT2D eigenvalue weighted by Gasteiger charge is 2.29. The van der Waals surface area contributed by atoms with E-state index in [2.05, 4.69) is 10.2 Å². The van der Waals surface area contributed by atoms with Crippen molar-refractivity contribution in [3.05, 3.63) is 29.3 Å². The average Bonchev–Trinajstić information content (AvgIpc) is 2.58. The molecule has 8 heteroatoms. The van der Waals surface area contributed by atoms with Crippen LogP contribution < -0.4 is 9.62 Å². The van der Waals surface area contributed by atoms with Crippen LogP contribution in [-0.2, 0) is 14.8 Å². The van der Waals surface area contributed by atoms with E-state index in [1.807, 2.05) is 0 Å². The lowest BCUT2D eigenvalue weighted by molar-refractivity contribution is -0.121. The molecule has 1 atom stereocenters. The Labute approximate surface area is 161 Å². The van der Waals surface area contributed by atoms with Crippen LogP contribution in [0.5, 0.6) is 0 Å². The molecular formula is C18H28ClN3O3S. The first kappa shape index (κ1) is 21.0. The minimum Gasteiger partial charge on any atom is -0.354 e. The van der Waals surface area contributed by atoms with Crippen LogP contribution in [0.2, 0.25) is 5.02 Å². The normalized spacial score (nSPS) is 16.9. The maximum absolute atomic E-state index is 12.5. The fourth-order valence-corrected chi connectivity index (χ4v) is 4.62. The van der Waals surface area contributed by atoms with Gasteiger partial charge in [0.25, 0.3) is 0 Å². The number of carbonyl (C=O) groups excluding carboxylic acids is 1. The van der Waals surface area contributed by atoms with Crippen molar-refractivity contribution < 1.29 is 13.2 Å². The molecule has 0 aromatic heterocycles. The zero-order valence-corrected chi connectivity index (χ0v) is 17.0. The second-order valence-corrected chi connectivity index (χ2v) is 9.06. The summed E-state index contributed by atoms with van der Waals surface area (Å²) in [5.41, 5.74) is 0.385. The molecule has 1 aromatic rings. The Hall–Kier alpha value is -1.31. The van der Waals surface area contributed by atoms with Crippen LogP contribution in [0, 0.1) is 0 Å². The molecule has 0 saturated carbocycles. The van der Waals surface area contributed by atoms with Gasteiger partial charge in [-0.15, -0.1) is 0 Å². The molecule has 1 N–H and O–H groups in total. The van der Waals surface area contributed by atoms with Crippen molar-refractivity contribution in [3.63, 3.8) is 0 Å². The number of rotatable bonds is 8. The van der Waals surface area contributed by atoms with Crippen molar-refractivity contribution in [2.24, 2.45) is 0 Å². The minimum absolute atomic E-state index is 0.311. The minimum atomic E-state index is -3.62. The number of nitrogens with one attached hydrogen (secondary N) is 1. The summed E-state index contributed by atoms with van der Waals surface area (Å²) < 4.78 is 25.6. The van der Waals surface area contributed by atoms with Gasteiger partial charge in [-0.1, -0.05) is 24.1 Å². The number of benzene rings is 1. The highest BCUT2D eigenvalue weighted by atomic mass is 35.5. The topological polar surface area (TPSA) is 69.7 Å². The maximum atomic E-state index is 12.5. The molecule has 0 spiro atoms. The van der Waals surface area contributed by atoms with Crippen LogP contribution >= 0.6 is 11.6 Å². The van der Waals surface area contributed by atoms with Crippen molar-refractivity contribution >= 4 is 33.2 Å². The highest BCUT2D eigenvalue weighted by Crippen LogP contribution is 2.24. The van der Waals surface area contributed by atoms with Crippen LogP contribution in [0.4, 0.5) is 5.69 Å². The predicted octanol–water partition coefficient (Wildman–Crippen LogP) is 2.49. The van der Waals surface area contributed by atoms with Crippen molar-refractivity contribution in [1.82, 2.24) is 10.2 Å². The Morgan fingerprint density at radius 1 is 1.31 bits per heavy atom. The molecule has 1 aliphatic heterocycles. The van der Waals surface area contributed by atoms with Crippen LogP contribution in [0.25, 0.3) is 0 Å². The molecule has 1 amide bonds. The zero-order valence-electron chi connectivity index (χ0n) is 15.4. The number of amides is 1.